The average molecular weight is 327 g/mol. The summed E-state index contributed by atoms with van der Waals surface area (Å²) in [6, 6.07) is 7.31. The van der Waals surface area contributed by atoms with Crippen molar-refractivity contribution in [2.24, 2.45) is 0 Å². The molecule has 2 aromatic rings. The summed E-state index contributed by atoms with van der Waals surface area (Å²) in [6.07, 6.45) is 0. The molecule has 94 valence electrons. The van der Waals surface area contributed by atoms with Crippen molar-refractivity contribution in [2.45, 2.75) is 19.8 Å². The molecule has 0 saturated carbocycles. The number of aromatic nitrogens is 2. The molecule has 0 amide bonds. The molecule has 18 heavy (non-hydrogen) atoms. The number of anilines is 1. The van der Waals surface area contributed by atoms with E-state index in [1.165, 1.54) is 0 Å². The molecular weight excluding hydrogens is 314 g/mol. The van der Waals surface area contributed by atoms with E-state index in [1.54, 1.807) is 6.07 Å². The summed E-state index contributed by atoms with van der Waals surface area (Å²) in [6.45, 7) is 4.14. The number of rotatable bonds is 2. The van der Waals surface area contributed by atoms with Gasteiger partial charge in [-0.05, 0) is 24.1 Å². The van der Waals surface area contributed by atoms with Gasteiger partial charge in [0.1, 0.15) is 5.82 Å². The van der Waals surface area contributed by atoms with E-state index in [-0.39, 0.29) is 0 Å². The zero-order valence-electron chi connectivity index (χ0n) is 10.1. The molecule has 5 heteroatoms. The molecule has 2 N–H and O–H groups in total. The van der Waals surface area contributed by atoms with Crippen molar-refractivity contribution in [3.8, 4) is 11.4 Å². The van der Waals surface area contributed by atoms with Crippen molar-refractivity contribution in [3.05, 3.63) is 39.5 Å². The maximum absolute atomic E-state index is 6.00. The number of hydrogen-bond acceptors (Lipinski definition) is 3. The van der Waals surface area contributed by atoms with Crippen molar-refractivity contribution < 1.29 is 0 Å². The van der Waals surface area contributed by atoms with Gasteiger partial charge in [0.05, 0.1) is 0 Å². The Hall–Kier alpha value is -1.13. The van der Waals surface area contributed by atoms with Crippen LogP contribution in [0.1, 0.15) is 25.5 Å². The first-order valence-corrected chi connectivity index (χ1v) is 6.74. The summed E-state index contributed by atoms with van der Waals surface area (Å²) in [5.74, 6) is 1.36. The van der Waals surface area contributed by atoms with Crippen LogP contribution in [0.4, 0.5) is 5.82 Å². The van der Waals surface area contributed by atoms with E-state index in [0.717, 1.165) is 15.7 Å². The average Bonchev–Trinajstić information content (AvgIpc) is 2.31. The highest BCUT2D eigenvalue weighted by Crippen LogP contribution is 2.30. The molecule has 3 nitrogen and oxygen atoms in total. The molecule has 0 fully saturated rings. The fourth-order valence-electron chi connectivity index (χ4n) is 1.57. The Bertz CT molecular complexity index is 584. The van der Waals surface area contributed by atoms with Gasteiger partial charge in [0.15, 0.2) is 5.82 Å². The van der Waals surface area contributed by atoms with Gasteiger partial charge in [0.2, 0.25) is 0 Å². The van der Waals surface area contributed by atoms with Crippen molar-refractivity contribution in [2.75, 3.05) is 5.73 Å². The molecule has 0 aliphatic carbocycles. The predicted octanol–water partition coefficient (Wildman–Crippen LogP) is 4.27. The Morgan fingerprint density at radius 1 is 1.22 bits per heavy atom. The van der Waals surface area contributed by atoms with Gasteiger partial charge in [-0.15, -0.1) is 0 Å². The SMILES string of the molecule is CC(C)c1cc(N)nc(-c2cc(Cl)ccc2Br)n1. The second-order valence-corrected chi connectivity index (χ2v) is 5.61. The maximum Gasteiger partial charge on any atom is 0.162 e. The number of benzene rings is 1. The van der Waals surface area contributed by atoms with E-state index >= 15 is 0 Å². The molecule has 0 unspecified atom stereocenters. The Morgan fingerprint density at radius 2 is 1.94 bits per heavy atom. The first kappa shape index (κ1) is 13.3. The third-order valence-electron chi connectivity index (χ3n) is 2.53. The van der Waals surface area contributed by atoms with Gasteiger partial charge in [-0.25, -0.2) is 9.97 Å². The van der Waals surface area contributed by atoms with Crippen LogP contribution in [0.25, 0.3) is 11.4 Å². The first-order chi connectivity index (χ1) is 8.47. The molecule has 1 aromatic carbocycles. The van der Waals surface area contributed by atoms with Gasteiger partial charge in [-0.2, -0.15) is 0 Å². The van der Waals surface area contributed by atoms with E-state index in [2.05, 4.69) is 39.7 Å². The van der Waals surface area contributed by atoms with Crippen LogP contribution in [0.5, 0.6) is 0 Å². The first-order valence-electron chi connectivity index (χ1n) is 5.57. The van der Waals surface area contributed by atoms with Gasteiger partial charge in [-0.3, -0.25) is 0 Å². The largest absolute Gasteiger partial charge is 0.384 e. The van der Waals surface area contributed by atoms with Crippen LogP contribution in [0, 0.1) is 0 Å². The highest BCUT2D eigenvalue weighted by Gasteiger charge is 2.11. The molecule has 1 heterocycles. The summed E-state index contributed by atoms with van der Waals surface area (Å²) in [4.78, 5) is 8.79. The number of nitrogens with zero attached hydrogens (tertiary/aromatic N) is 2. The molecule has 0 saturated heterocycles. The summed E-state index contributed by atoms with van der Waals surface area (Å²) < 4.78 is 0.896. The predicted molar refractivity (Wildman–Crippen MR) is 78.7 cm³/mol. The molecule has 0 aliphatic rings. The molecular formula is C13H13BrClN3. The lowest BCUT2D eigenvalue weighted by molar-refractivity contribution is 0.818. The highest BCUT2D eigenvalue weighted by molar-refractivity contribution is 9.10. The van der Waals surface area contributed by atoms with Crippen LogP contribution in [0.2, 0.25) is 5.02 Å². The van der Waals surface area contributed by atoms with Gasteiger partial charge in [0, 0.05) is 26.8 Å². The Kier molecular flexibility index (Phi) is 3.88. The van der Waals surface area contributed by atoms with Gasteiger partial charge in [-0.1, -0.05) is 41.4 Å². The summed E-state index contributed by atoms with van der Waals surface area (Å²) in [5, 5.41) is 0.644. The maximum atomic E-state index is 6.00. The molecule has 2 rings (SSSR count). The van der Waals surface area contributed by atoms with Crippen LogP contribution in [0.15, 0.2) is 28.7 Å². The third kappa shape index (κ3) is 2.82. The van der Waals surface area contributed by atoms with E-state index in [1.807, 2.05) is 18.2 Å². The summed E-state index contributed by atoms with van der Waals surface area (Å²) in [5.41, 5.74) is 7.59. The van der Waals surface area contributed by atoms with Crippen LogP contribution in [-0.4, -0.2) is 9.97 Å². The Labute approximate surface area is 120 Å². The number of halogens is 2. The third-order valence-corrected chi connectivity index (χ3v) is 3.45. The zero-order valence-corrected chi connectivity index (χ0v) is 12.5. The smallest absolute Gasteiger partial charge is 0.162 e. The van der Waals surface area contributed by atoms with Gasteiger partial charge >= 0.3 is 0 Å². The molecule has 0 radical (unpaired) electrons. The second-order valence-electron chi connectivity index (χ2n) is 4.32. The minimum absolute atomic E-state index is 0.298. The zero-order chi connectivity index (χ0) is 13.3. The molecule has 0 atom stereocenters. The second kappa shape index (κ2) is 5.24. The Morgan fingerprint density at radius 3 is 2.61 bits per heavy atom. The molecule has 0 aliphatic heterocycles. The number of nitrogen functional groups attached to an aromatic ring is 1. The minimum atomic E-state index is 0.298. The van der Waals surface area contributed by atoms with Crippen LogP contribution in [0.3, 0.4) is 0 Å². The van der Waals surface area contributed by atoms with Crippen molar-refractivity contribution in [3.63, 3.8) is 0 Å². The molecule has 0 spiro atoms. The monoisotopic (exact) mass is 325 g/mol. The van der Waals surface area contributed by atoms with E-state index in [9.17, 15) is 0 Å². The van der Waals surface area contributed by atoms with Crippen LogP contribution >= 0.6 is 27.5 Å². The van der Waals surface area contributed by atoms with Crippen LogP contribution < -0.4 is 5.73 Å². The van der Waals surface area contributed by atoms with E-state index in [4.69, 9.17) is 17.3 Å². The quantitative estimate of drug-likeness (QED) is 0.897. The summed E-state index contributed by atoms with van der Waals surface area (Å²) in [7, 11) is 0. The van der Waals surface area contributed by atoms with Crippen LogP contribution in [-0.2, 0) is 0 Å². The number of nitrogens with two attached hydrogens (primary N) is 1. The van der Waals surface area contributed by atoms with Crippen molar-refractivity contribution in [1.82, 2.24) is 9.97 Å². The topological polar surface area (TPSA) is 51.8 Å². The molecule has 0 bridgehead atoms. The highest BCUT2D eigenvalue weighted by atomic mass is 79.9. The molecule has 1 aromatic heterocycles. The van der Waals surface area contributed by atoms with Gasteiger partial charge in [0.25, 0.3) is 0 Å². The van der Waals surface area contributed by atoms with Crippen molar-refractivity contribution >= 4 is 33.3 Å². The van der Waals surface area contributed by atoms with E-state index in [0.29, 0.717) is 22.6 Å². The minimum Gasteiger partial charge on any atom is -0.384 e. The number of hydrogen-bond donors (Lipinski definition) is 1. The fourth-order valence-corrected chi connectivity index (χ4v) is 2.17. The lowest BCUT2D eigenvalue weighted by Gasteiger charge is -2.09. The summed E-state index contributed by atoms with van der Waals surface area (Å²) >= 11 is 9.48. The normalized spacial score (nSPS) is 10.9. The Balaban J connectivity index is 2.60. The van der Waals surface area contributed by atoms with Gasteiger partial charge < -0.3 is 5.73 Å². The lowest BCUT2D eigenvalue weighted by Crippen LogP contribution is -2.02. The van der Waals surface area contributed by atoms with E-state index < -0.39 is 0 Å². The lowest BCUT2D eigenvalue weighted by atomic mass is 10.1. The van der Waals surface area contributed by atoms with Crippen molar-refractivity contribution in [1.29, 1.82) is 0 Å². The fraction of sp³-hybridized carbons (Fsp3) is 0.231. The standard InChI is InChI=1S/C13H13BrClN3/c1-7(2)11-6-12(16)18-13(17-11)9-5-8(15)3-4-10(9)14/h3-7H,1-2H3,(H2,16,17,18).